The topological polar surface area (TPSA) is 24.9 Å². The second-order valence-corrected chi connectivity index (χ2v) is 5.63. The van der Waals surface area contributed by atoms with Gasteiger partial charge in [0.05, 0.1) is 11.1 Å². The Labute approximate surface area is 121 Å². The highest BCUT2D eigenvalue weighted by atomic mass is 35.5. The molecule has 0 amide bonds. The van der Waals surface area contributed by atoms with Crippen LogP contribution in [-0.2, 0) is 0 Å². The lowest BCUT2D eigenvalue weighted by atomic mass is 9.99. The number of hydrogen-bond acceptors (Lipinski definition) is 3. The van der Waals surface area contributed by atoms with Gasteiger partial charge in [0, 0.05) is 17.1 Å². The summed E-state index contributed by atoms with van der Waals surface area (Å²) in [6, 6.07) is 10.6. The summed E-state index contributed by atoms with van der Waals surface area (Å²) in [5.74, 6) is 0. The van der Waals surface area contributed by atoms with Gasteiger partial charge in [-0.15, -0.1) is 11.3 Å². The molecule has 0 aliphatic rings. The SMILES string of the molecule is CNC(c1ccncc1Cl)c1cccc2ccsc12. The van der Waals surface area contributed by atoms with Crippen molar-refractivity contribution in [2.45, 2.75) is 6.04 Å². The molecule has 2 heterocycles. The third-order valence-corrected chi connectivity index (χ3v) is 4.52. The van der Waals surface area contributed by atoms with Crippen molar-refractivity contribution in [2.75, 3.05) is 7.05 Å². The molecule has 0 aliphatic carbocycles. The molecule has 0 radical (unpaired) electrons. The summed E-state index contributed by atoms with van der Waals surface area (Å²) in [7, 11) is 1.95. The van der Waals surface area contributed by atoms with Crippen LogP contribution < -0.4 is 5.32 Å². The van der Waals surface area contributed by atoms with Crippen LogP contribution in [0.15, 0.2) is 48.1 Å². The van der Waals surface area contributed by atoms with E-state index in [4.69, 9.17) is 11.6 Å². The van der Waals surface area contributed by atoms with Gasteiger partial charge in [0.1, 0.15) is 0 Å². The van der Waals surface area contributed by atoms with E-state index in [1.54, 1.807) is 23.7 Å². The highest BCUT2D eigenvalue weighted by Crippen LogP contribution is 2.34. The maximum Gasteiger partial charge on any atom is 0.0640 e. The number of nitrogens with one attached hydrogen (secondary N) is 1. The normalized spacial score (nSPS) is 12.7. The highest BCUT2D eigenvalue weighted by molar-refractivity contribution is 7.17. The molecule has 0 saturated carbocycles. The number of rotatable bonds is 3. The average molecular weight is 289 g/mol. The van der Waals surface area contributed by atoms with Crippen LogP contribution in [0.25, 0.3) is 10.1 Å². The minimum Gasteiger partial charge on any atom is -0.309 e. The third kappa shape index (κ3) is 2.25. The molecule has 3 rings (SSSR count). The Balaban J connectivity index is 2.18. The zero-order valence-electron chi connectivity index (χ0n) is 10.4. The van der Waals surface area contributed by atoms with Crippen LogP contribution in [-0.4, -0.2) is 12.0 Å². The lowest BCUT2D eigenvalue weighted by molar-refractivity contribution is 0.697. The Morgan fingerprint density at radius 3 is 2.89 bits per heavy atom. The number of benzene rings is 1. The van der Waals surface area contributed by atoms with Crippen molar-refractivity contribution in [3.05, 3.63) is 64.3 Å². The Kier molecular flexibility index (Phi) is 3.51. The lowest BCUT2D eigenvalue weighted by Crippen LogP contribution is -2.18. The van der Waals surface area contributed by atoms with Crippen LogP contribution in [0.1, 0.15) is 17.2 Å². The van der Waals surface area contributed by atoms with Crippen LogP contribution in [0.4, 0.5) is 0 Å². The molecule has 3 aromatic rings. The minimum atomic E-state index is 0.0813. The van der Waals surface area contributed by atoms with Crippen LogP contribution >= 0.6 is 22.9 Å². The Morgan fingerprint density at radius 2 is 2.11 bits per heavy atom. The van der Waals surface area contributed by atoms with Crippen LogP contribution in [0, 0.1) is 0 Å². The number of nitrogens with zero attached hydrogens (tertiary/aromatic N) is 1. The van der Waals surface area contributed by atoms with E-state index in [0.29, 0.717) is 5.02 Å². The first-order valence-electron chi connectivity index (χ1n) is 6.04. The molecule has 0 bridgehead atoms. The van der Waals surface area contributed by atoms with Gasteiger partial charge in [-0.2, -0.15) is 0 Å². The van der Waals surface area contributed by atoms with Gasteiger partial charge >= 0.3 is 0 Å². The van der Waals surface area contributed by atoms with Crippen molar-refractivity contribution in [3.63, 3.8) is 0 Å². The molecule has 1 atom stereocenters. The van der Waals surface area contributed by atoms with E-state index in [1.807, 2.05) is 13.1 Å². The molecule has 0 saturated heterocycles. The largest absolute Gasteiger partial charge is 0.309 e. The molecule has 1 unspecified atom stereocenters. The van der Waals surface area contributed by atoms with Gasteiger partial charge in [0.25, 0.3) is 0 Å². The molecule has 2 nitrogen and oxygen atoms in total. The molecule has 0 aliphatic heterocycles. The van der Waals surface area contributed by atoms with E-state index in [2.05, 4.69) is 39.9 Å². The summed E-state index contributed by atoms with van der Waals surface area (Å²) in [4.78, 5) is 4.05. The molecule has 96 valence electrons. The second kappa shape index (κ2) is 5.29. The van der Waals surface area contributed by atoms with E-state index < -0.39 is 0 Å². The zero-order chi connectivity index (χ0) is 13.2. The molecular weight excluding hydrogens is 276 g/mol. The van der Waals surface area contributed by atoms with Crippen LogP contribution in [0.2, 0.25) is 5.02 Å². The Morgan fingerprint density at radius 1 is 1.21 bits per heavy atom. The number of thiophene rings is 1. The van der Waals surface area contributed by atoms with E-state index in [-0.39, 0.29) is 6.04 Å². The van der Waals surface area contributed by atoms with Crippen molar-refractivity contribution >= 4 is 33.0 Å². The van der Waals surface area contributed by atoms with Crippen molar-refractivity contribution in [1.82, 2.24) is 10.3 Å². The quantitative estimate of drug-likeness (QED) is 0.779. The predicted molar refractivity (Wildman–Crippen MR) is 82.0 cm³/mol. The smallest absolute Gasteiger partial charge is 0.0640 e. The molecule has 1 N–H and O–H groups in total. The Bertz CT molecular complexity index is 708. The van der Waals surface area contributed by atoms with Gasteiger partial charge in [-0.25, -0.2) is 0 Å². The maximum absolute atomic E-state index is 6.27. The fourth-order valence-corrected chi connectivity index (χ4v) is 3.52. The number of hydrogen-bond donors (Lipinski definition) is 1. The van der Waals surface area contributed by atoms with Gasteiger partial charge in [-0.05, 0) is 41.1 Å². The summed E-state index contributed by atoms with van der Waals surface area (Å²) < 4.78 is 1.30. The summed E-state index contributed by atoms with van der Waals surface area (Å²) in [6.07, 6.45) is 3.47. The van der Waals surface area contributed by atoms with Gasteiger partial charge in [0.2, 0.25) is 0 Å². The maximum atomic E-state index is 6.27. The van der Waals surface area contributed by atoms with E-state index >= 15 is 0 Å². The predicted octanol–water partition coefficient (Wildman–Crippen LogP) is 4.26. The third-order valence-electron chi connectivity index (χ3n) is 3.22. The number of pyridine rings is 1. The van der Waals surface area contributed by atoms with E-state index in [0.717, 1.165) is 5.56 Å². The Hall–Kier alpha value is -1.42. The first kappa shape index (κ1) is 12.6. The van der Waals surface area contributed by atoms with Crippen molar-refractivity contribution in [3.8, 4) is 0 Å². The highest BCUT2D eigenvalue weighted by Gasteiger charge is 2.17. The van der Waals surface area contributed by atoms with Gasteiger partial charge < -0.3 is 5.32 Å². The first-order valence-corrected chi connectivity index (χ1v) is 7.30. The minimum absolute atomic E-state index is 0.0813. The summed E-state index contributed by atoms with van der Waals surface area (Å²) in [5, 5.41) is 7.43. The molecule has 2 aromatic heterocycles. The van der Waals surface area contributed by atoms with Gasteiger partial charge in [0.15, 0.2) is 0 Å². The standard InChI is InChI=1S/C15H13ClN2S/c1-17-14(11-5-7-18-9-13(11)16)12-4-2-3-10-6-8-19-15(10)12/h2-9,14,17H,1H3. The summed E-state index contributed by atoms with van der Waals surface area (Å²) in [5.41, 5.74) is 2.31. The second-order valence-electron chi connectivity index (χ2n) is 4.31. The molecule has 1 aromatic carbocycles. The molecular formula is C15H13ClN2S. The lowest BCUT2D eigenvalue weighted by Gasteiger charge is -2.19. The molecule has 0 fully saturated rings. The fraction of sp³-hybridized carbons (Fsp3) is 0.133. The number of fused-ring (bicyclic) bond motifs is 1. The molecule has 4 heteroatoms. The summed E-state index contributed by atoms with van der Waals surface area (Å²) in [6.45, 7) is 0. The number of aromatic nitrogens is 1. The van der Waals surface area contributed by atoms with E-state index in [1.165, 1.54) is 15.6 Å². The van der Waals surface area contributed by atoms with Crippen LogP contribution in [0.3, 0.4) is 0 Å². The summed E-state index contributed by atoms with van der Waals surface area (Å²) >= 11 is 8.03. The van der Waals surface area contributed by atoms with Gasteiger partial charge in [-0.1, -0.05) is 29.8 Å². The number of halogens is 1. The van der Waals surface area contributed by atoms with Crippen molar-refractivity contribution < 1.29 is 0 Å². The van der Waals surface area contributed by atoms with Crippen molar-refractivity contribution in [1.29, 1.82) is 0 Å². The molecule has 19 heavy (non-hydrogen) atoms. The van der Waals surface area contributed by atoms with Crippen LogP contribution in [0.5, 0.6) is 0 Å². The monoisotopic (exact) mass is 288 g/mol. The zero-order valence-corrected chi connectivity index (χ0v) is 12.0. The van der Waals surface area contributed by atoms with E-state index in [9.17, 15) is 0 Å². The van der Waals surface area contributed by atoms with Crippen molar-refractivity contribution in [2.24, 2.45) is 0 Å². The average Bonchev–Trinajstić information content (AvgIpc) is 2.91. The van der Waals surface area contributed by atoms with Gasteiger partial charge in [-0.3, -0.25) is 4.98 Å². The first-order chi connectivity index (χ1) is 9.31. The fourth-order valence-electron chi connectivity index (χ4n) is 2.34. The molecule has 0 spiro atoms.